The van der Waals surface area contributed by atoms with Crippen molar-refractivity contribution in [3.63, 3.8) is 0 Å². The Labute approximate surface area is 161 Å². The minimum absolute atomic E-state index is 0.191. The fourth-order valence-corrected chi connectivity index (χ4v) is 4.32. The van der Waals surface area contributed by atoms with Crippen molar-refractivity contribution in [2.24, 2.45) is 0 Å². The third-order valence-corrected chi connectivity index (χ3v) is 6.18. The molecule has 1 heterocycles. The molecule has 142 valence electrons. The second-order valence-corrected chi connectivity index (χ2v) is 8.33. The van der Waals surface area contributed by atoms with E-state index in [4.69, 9.17) is 4.74 Å². The number of sulfonamides is 1. The molecule has 0 fully saturated rings. The van der Waals surface area contributed by atoms with Gasteiger partial charge in [-0.05, 0) is 55.5 Å². The highest BCUT2D eigenvalue weighted by Crippen LogP contribution is 2.24. The SMILES string of the molecule is CCOc1ccc(S(=O)(=O)NCCc2csc(-c3ccc(F)cc3)n2)cc1. The third-order valence-electron chi connectivity index (χ3n) is 3.76. The van der Waals surface area contributed by atoms with Gasteiger partial charge in [-0.3, -0.25) is 0 Å². The molecule has 0 amide bonds. The van der Waals surface area contributed by atoms with E-state index in [1.54, 1.807) is 24.3 Å². The zero-order valence-corrected chi connectivity index (χ0v) is 16.3. The number of rotatable bonds is 8. The summed E-state index contributed by atoms with van der Waals surface area (Å²) in [6, 6.07) is 12.4. The first-order valence-electron chi connectivity index (χ1n) is 8.41. The average molecular weight is 407 g/mol. The van der Waals surface area contributed by atoms with Gasteiger partial charge in [0.2, 0.25) is 10.0 Å². The van der Waals surface area contributed by atoms with Gasteiger partial charge in [0.15, 0.2) is 0 Å². The van der Waals surface area contributed by atoms with E-state index in [0.717, 1.165) is 16.3 Å². The summed E-state index contributed by atoms with van der Waals surface area (Å²) in [4.78, 5) is 4.67. The van der Waals surface area contributed by atoms with E-state index in [1.165, 1.54) is 35.6 Å². The van der Waals surface area contributed by atoms with Crippen LogP contribution in [0.3, 0.4) is 0 Å². The summed E-state index contributed by atoms with van der Waals surface area (Å²) >= 11 is 1.44. The number of ether oxygens (including phenoxy) is 1. The molecular weight excluding hydrogens is 387 g/mol. The lowest BCUT2D eigenvalue weighted by molar-refractivity contribution is 0.340. The number of benzene rings is 2. The number of hydrogen-bond acceptors (Lipinski definition) is 5. The van der Waals surface area contributed by atoms with Gasteiger partial charge in [0, 0.05) is 23.9 Å². The first-order chi connectivity index (χ1) is 13.0. The van der Waals surface area contributed by atoms with Crippen molar-refractivity contribution in [2.45, 2.75) is 18.2 Å². The van der Waals surface area contributed by atoms with Crippen LogP contribution < -0.4 is 9.46 Å². The molecule has 0 aliphatic rings. The van der Waals surface area contributed by atoms with Gasteiger partial charge >= 0.3 is 0 Å². The smallest absolute Gasteiger partial charge is 0.240 e. The molecule has 3 aromatic rings. The van der Waals surface area contributed by atoms with Gasteiger partial charge in [-0.1, -0.05) is 0 Å². The van der Waals surface area contributed by atoms with E-state index >= 15 is 0 Å². The van der Waals surface area contributed by atoms with Gasteiger partial charge in [-0.2, -0.15) is 0 Å². The summed E-state index contributed by atoms with van der Waals surface area (Å²) in [6.07, 6.45) is 0.466. The Morgan fingerprint density at radius 3 is 2.48 bits per heavy atom. The topological polar surface area (TPSA) is 68.3 Å². The summed E-state index contributed by atoms with van der Waals surface area (Å²) < 4.78 is 45.6. The Kier molecular flexibility index (Phi) is 6.20. The number of thiazole rings is 1. The molecular formula is C19H19FN2O3S2. The predicted octanol–water partition coefficient (Wildman–Crippen LogP) is 3.87. The molecule has 0 spiro atoms. The van der Waals surface area contributed by atoms with E-state index in [-0.39, 0.29) is 17.3 Å². The maximum Gasteiger partial charge on any atom is 0.240 e. The van der Waals surface area contributed by atoms with Gasteiger partial charge in [0.05, 0.1) is 17.2 Å². The van der Waals surface area contributed by atoms with Gasteiger partial charge in [0.1, 0.15) is 16.6 Å². The Morgan fingerprint density at radius 2 is 1.81 bits per heavy atom. The number of halogens is 1. The van der Waals surface area contributed by atoms with Crippen LogP contribution in [0.25, 0.3) is 10.6 Å². The zero-order valence-electron chi connectivity index (χ0n) is 14.7. The molecule has 0 atom stereocenters. The summed E-state index contributed by atoms with van der Waals surface area (Å²) in [5.74, 6) is 0.339. The third kappa shape index (κ3) is 5.12. The minimum Gasteiger partial charge on any atom is -0.494 e. The second-order valence-electron chi connectivity index (χ2n) is 5.70. The fourth-order valence-electron chi connectivity index (χ4n) is 2.43. The molecule has 1 aromatic heterocycles. The van der Waals surface area contributed by atoms with Crippen LogP contribution in [0, 0.1) is 5.82 Å². The van der Waals surface area contributed by atoms with Crippen molar-refractivity contribution in [3.8, 4) is 16.3 Å². The highest BCUT2D eigenvalue weighted by atomic mass is 32.2. The summed E-state index contributed by atoms with van der Waals surface area (Å²) in [5, 5.41) is 2.66. The lowest BCUT2D eigenvalue weighted by Gasteiger charge is -2.07. The maximum absolute atomic E-state index is 13.0. The number of hydrogen-bond donors (Lipinski definition) is 1. The highest BCUT2D eigenvalue weighted by molar-refractivity contribution is 7.89. The van der Waals surface area contributed by atoms with Crippen LogP contribution in [-0.2, 0) is 16.4 Å². The highest BCUT2D eigenvalue weighted by Gasteiger charge is 2.14. The predicted molar refractivity (Wildman–Crippen MR) is 104 cm³/mol. The standard InChI is InChI=1S/C19H19FN2O3S2/c1-2-25-17-7-9-18(10-8-17)27(23,24)21-12-11-16-13-26-19(22-16)14-3-5-15(20)6-4-14/h3-10,13,21H,2,11-12H2,1H3. The van der Waals surface area contributed by atoms with Crippen LogP contribution in [0.2, 0.25) is 0 Å². The van der Waals surface area contributed by atoms with E-state index in [2.05, 4.69) is 9.71 Å². The molecule has 0 unspecified atom stereocenters. The average Bonchev–Trinajstić information content (AvgIpc) is 3.12. The van der Waals surface area contributed by atoms with Crippen LogP contribution in [0.1, 0.15) is 12.6 Å². The van der Waals surface area contributed by atoms with Crippen molar-refractivity contribution < 1.29 is 17.5 Å². The minimum atomic E-state index is -3.58. The molecule has 0 bridgehead atoms. The van der Waals surface area contributed by atoms with Crippen molar-refractivity contribution in [1.29, 1.82) is 0 Å². The number of nitrogens with one attached hydrogen (secondary N) is 1. The quantitative estimate of drug-likeness (QED) is 0.617. The molecule has 0 aliphatic carbocycles. The van der Waals surface area contributed by atoms with E-state index in [9.17, 15) is 12.8 Å². The number of aromatic nitrogens is 1. The molecule has 0 saturated heterocycles. The largest absolute Gasteiger partial charge is 0.494 e. The van der Waals surface area contributed by atoms with Crippen LogP contribution in [-0.4, -0.2) is 26.6 Å². The lowest BCUT2D eigenvalue weighted by Crippen LogP contribution is -2.26. The van der Waals surface area contributed by atoms with Crippen LogP contribution in [0.4, 0.5) is 4.39 Å². The van der Waals surface area contributed by atoms with E-state index < -0.39 is 10.0 Å². The molecule has 3 rings (SSSR count). The molecule has 2 aromatic carbocycles. The first-order valence-corrected chi connectivity index (χ1v) is 10.8. The second kappa shape index (κ2) is 8.60. The van der Waals surface area contributed by atoms with Crippen molar-refractivity contribution in [2.75, 3.05) is 13.2 Å². The normalized spacial score (nSPS) is 11.5. The Bertz CT molecular complexity index is 985. The first kappa shape index (κ1) is 19.5. The summed E-state index contributed by atoms with van der Waals surface area (Å²) in [7, 11) is -3.58. The van der Waals surface area contributed by atoms with Crippen molar-refractivity contribution in [3.05, 3.63) is 65.4 Å². The van der Waals surface area contributed by atoms with Crippen molar-refractivity contribution >= 4 is 21.4 Å². The Morgan fingerprint density at radius 1 is 1.11 bits per heavy atom. The van der Waals surface area contributed by atoms with Crippen molar-refractivity contribution in [1.82, 2.24) is 9.71 Å². The molecule has 8 heteroatoms. The van der Waals surface area contributed by atoms with Crippen LogP contribution in [0.15, 0.2) is 58.8 Å². The molecule has 0 saturated carbocycles. The van der Waals surface area contributed by atoms with Crippen LogP contribution in [0.5, 0.6) is 5.75 Å². The molecule has 0 radical (unpaired) electrons. The maximum atomic E-state index is 13.0. The van der Waals surface area contributed by atoms with Gasteiger partial charge < -0.3 is 4.74 Å². The number of nitrogens with zero attached hydrogens (tertiary/aromatic N) is 1. The molecule has 27 heavy (non-hydrogen) atoms. The monoisotopic (exact) mass is 406 g/mol. The van der Waals surface area contributed by atoms with Gasteiger partial charge in [0.25, 0.3) is 0 Å². The fraction of sp³-hybridized carbons (Fsp3) is 0.211. The molecule has 1 N–H and O–H groups in total. The Balaban J connectivity index is 1.58. The Hall–Kier alpha value is -2.29. The molecule has 0 aliphatic heterocycles. The van der Waals surface area contributed by atoms with Crippen LogP contribution >= 0.6 is 11.3 Å². The molecule has 5 nitrogen and oxygen atoms in total. The van der Waals surface area contributed by atoms with E-state index in [0.29, 0.717) is 18.8 Å². The zero-order chi connectivity index (χ0) is 19.3. The van der Waals surface area contributed by atoms with Gasteiger partial charge in [-0.25, -0.2) is 22.5 Å². The van der Waals surface area contributed by atoms with Gasteiger partial charge in [-0.15, -0.1) is 11.3 Å². The van der Waals surface area contributed by atoms with E-state index in [1.807, 2.05) is 12.3 Å². The summed E-state index contributed by atoms with van der Waals surface area (Å²) in [6.45, 7) is 2.63. The summed E-state index contributed by atoms with van der Waals surface area (Å²) in [5.41, 5.74) is 1.62. The lowest BCUT2D eigenvalue weighted by atomic mass is 10.2.